The van der Waals surface area contributed by atoms with Gasteiger partial charge < -0.3 is 5.11 Å². The maximum absolute atomic E-state index is 10.5. The molecule has 0 amide bonds. The zero-order chi connectivity index (χ0) is 10.0. The molecule has 5 nitrogen and oxygen atoms in total. The Morgan fingerprint density at radius 2 is 2.15 bits per heavy atom. The van der Waals surface area contributed by atoms with Gasteiger partial charge >= 0.3 is 5.97 Å². The number of nitro groups is 1. The van der Waals surface area contributed by atoms with Crippen molar-refractivity contribution in [2.45, 2.75) is 4.90 Å². The summed E-state index contributed by atoms with van der Waals surface area (Å²) in [5.41, 5.74) is -0.219. The summed E-state index contributed by atoms with van der Waals surface area (Å²) in [7, 11) is 0. The largest absolute Gasteiger partial charge is 0.478 e. The Bertz CT molecular complexity index is 377. The molecular formula is C7H5NO4S. The predicted octanol–water partition coefficient (Wildman–Crippen LogP) is 1.58. The van der Waals surface area contributed by atoms with Gasteiger partial charge in [-0.1, -0.05) is 0 Å². The van der Waals surface area contributed by atoms with E-state index in [2.05, 4.69) is 12.6 Å². The van der Waals surface area contributed by atoms with Crippen LogP contribution in [0.2, 0.25) is 0 Å². The fourth-order valence-electron chi connectivity index (χ4n) is 0.814. The molecule has 0 fully saturated rings. The van der Waals surface area contributed by atoms with E-state index in [0.29, 0.717) is 0 Å². The van der Waals surface area contributed by atoms with Crippen molar-refractivity contribution in [1.29, 1.82) is 0 Å². The fraction of sp³-hybridized carbons (Fsp3) is 0. The van der Waals surface area contributed by atoms with Crippen LogP contribution in [0.1, 0.15) is 10.4 Å². The second-order valence-corrected chi connectivity index (χ2v) is 2.75. The normalized spacial score (nSPS) is 9.62. The number of aromatic carboxylic acids is 1. The molecule has 0 bridgehead atoms. The summed E-state index contributed by atoms with van der Waals surface area (Å²) >= 11 is 3.82. The van der Waals surface area contributed by atoms with E-state index in [4.69, 9.17) is 5.11 Å². The molecule has 1 N–H and O–H groups in total. The van der Waals surface area contributed by atoms with Crippen LogP contribution in [0.25, 0.3) is 0 Å². The van der Waals surface area contributed by atoms with Crippen LogP contribution in [0.5, 0.6) is 0 Å². The average molecular weight is 199 g/mol. The molecule has 0 aliphatic carbocycles. The molecule has 0 radical (unpaired) electrons. The van der Waals surface area contributed by atoms with Gasteiger partial charge in [0, 0.05) is 17.0 Å². The highest BCUT2D eigenvalue weighted by Crippen LogP contribution is 2.20. The lowest BCUT2D eigenvalue weighted by molar-refractivity contribution is -0.385. The number of carbonyl (C=O) groups is 1. The van der Waals surface area contributed by atoms with E-state index in [1.54, 1.807) is 0 Å². The number of non-ortho nitro benzene ring substituents is 1. The molecule has 1 rings (SSSR count). The smallest absolute Gasteiger partial charge is 0.336 e. The molecule has 1 aromatic carbocycles. The average Bonchev–Trinajstić information content (AvgIpc) is 2.03. The fourth-order valence-corrected chi connectivity index (χ4v) is 1.12. The molecule has 0 aliphatic heterocycles. The number of benzene rings is 1. The molecule has 68 valence electrons. The Balaban J connectivity index is 3.20. The summed E-state index contributed by atoms with van der Waals surface area (Å²) in [5.74, 6) is -1.15. The minimum atomic E-state index is -1.15. The first-order chi connectivity index (χ1) is 6.02. The van der Waals surface area contributed by atoms with E-state index in [1.807, 2.05) is 0 Å². The van der Waals surface area contributed by atoms with Crippen molar-refractivity contribution in [3.8, 4) is 0 Å². The Morgan fingerprint density at radius 1 is 1.54 bits per heavy atom. The molecule has 13 heavy (non-hydrogen) atoms. The minimum absolute atomic E-state index is 0.0473. The number of rotatable bonds is 2. The van der Waals surface area contributed by atoms with E-state index in [-0.39, 0.29) is 16.1 Å². The highest BCUT2D eigenvalue weighted by atomic mass is 32.1. The van der Waals surface area contributed by atoms with E-state index in [0.717, 1.165) is 18.2 Å². The van der Waals surface area contributed by atoms with Crippen molar-refractivity contribution < 1.29 is 14.8 Å². The van der Waals surface area contributed by atoms with E-state index < -0.39 is 10.9 Å². The van der Waals surface area contributed by atoms with Gasteiger partial charge in [-0.15, -0.1) is 12.6 Å². The van der Waals surface area contributed by atoms with Crippen molar-refractivity contribution in [2.24, 2.45) is 0 Å². The first-order valence-corrected chi connectivity index (χ1v) is 3.68. The van der Waals surface area contributed by atoms with Crippen LogP contribution in [-0.2, 0) is 0 Å². The second-order valence-electron chi connectivity index (χ2n) is 2.26. The zero-order valence-electron chi connectivity index (χ0n) is 6.30. The van der Waals surface area contributed by atoms with E-state index in [9.17, 15) is 14.9 Å². The molecule has 0 saturated carbocycles. The molecule has 0 aliphatic rings. The summed E-state index contributed by atoms with van der Waals surface area (Å²) in [6.45, 7) is 0. The number of hydrogen-bond donors (Lipinski definition) is 2. The van der Waals surface area contributed by atoms with Crippen LogP contribution in [0, 0.1) is 10.1 Å². The summed E-state index contributed by atoms with van der Waals surface area (Å²) in [4.78, 5) is 20.2. The molecule has 0 atom stereocenters. The summed E-state index contributed by atoms with van der Waals surface area (Å²) in [5, 5.41) is 18.8. The van der Waals surface area contributed by atoms with Crippen LogP contribution in [0.3, 0.4) is 0 Å². The number of nitro benzene ring substituents is 1. The van der Waals surface area contributed by atoms with Crippen molar-refractivity contribution in [3.63, 3.8) is 0 Å². The molecule has 0 heterocycles. The topological polar surface area (TPSA) is 80.4 Å². The highest BCUT2D eigenvalue weighted by molar-refractivity contribution is 7.80. The van der Waals surface area contributed by atoms with Crippen LogP contribution in [-0.4, -0.2) is 16.0 Å². The molecule has 0 aromatic heterocycles. The van der Waals surface area contributed by atoms with Crippen molar-refractivity contribution in [1.82, 2.24) is 0 Å². The lowest BCUT2D eigenvalue weighted by Gasteiger charge is -1.98. The summed E-state index contributed by atoms with van der Waals surface area (Å²) in [6, 6.07) is 3.39. The van der Waals surface area contributed by atoms with Crippen LogP contribution in [0.4, 0.5) is 5.69 Å². The minimum Gasteiger partial charge on any atom is -0.478 e. The number of carboxylic acids is 1. The van der Waals surface area contributed by atoms with Gasteiger partial charge in [-0.05, 0) is 6.07 Å². The Hall–Kier alpha value is -1.56. The quantitative estimate of drug-likeness (QED) is 0.430. The lowest BCUT2D eigenvalue weighted by atomic mass is 10.2. The Labute approximate surface area is 78.6 Å². The number of hydrogen-bond acceptors (Lipinski definition) is 4. The van der Waals surface area contributed by atoms with Crippen molar-refractivity contribution >= 4 is 24.3 Å². The maximum atomic E-state index is 10.5. The van der Waals surface area contributed by atoms with Gasteiger partial charge in [0.25, 0.3) is 5.69 Å². The second kappa shape index (κ2) is 3.44. The maximum Gasteiger partial charge on any atom is 0.336 e. The van der Waals surface area contributed by atoms with E-state index >= 15 is 0 Å². The molecular weight excluding hydrogens is 194 g/mol. The van der Waals surface area contributed by atoms with Gasteiger partial charge in [-0.3, -0.25) is 10.1 Å². The predicted molar refractivity (Wildman–Crippen MR) is 47.3 cm³/mol. The van der Waals surface area contributed by atoms with Crippen LogP contribution in [0.15, 0.2) is 23.1 Å². The molecule has 0 spiro atoms. The summed E-state index contributed by atoms with van der Waals surface area (Å²) < 4.78 is 0. The molecule has 0 saturated heterocycles. The lowest BCUT2D eigenvalue weighted by Crippen LogP contribution is -1.98. The number of thiol groups is 1. The Kier molecular flexibility index (Phi) is 2.52. The first-order valence-electron chi connectivity index (χ1n) is 3.23. The zero-order valence-corrected chi connectivity index (χ0v) is 7.19. The van der Waals surface area contributed by atoms with Gasteiger partial charge in [0.05, 0.1) is 10.5 Å². The van der Waals surface area contributed by atoms with Crippen molar-refractivity contribution in [2.75, 3.05) is 0 Å². The molecule has 1 aromatic rings. The first kappa shape index (κ1) is 9.53. The van der Waals surface area contributed by atoms with Crippen LogP contribution >= 0.6 is 12.6 Å². The van der Waals surface area contributed by atoms with Crippen LogP contribution < -0.4 is 0 Å². The van der Waals surface area contributed by atoms with Gasteiger partial charge in [-0.2, -0.15) is 0 Å². The Morgan fingerprint density at radius 3 is 2.54 bits per heavy atom. The van der Waals surface area contributed by atoms with Gasteiger partial charge in [-0.25, -0.2) is 4.79 Å². The standard InChI is InChI=1S/C7H5NO4S/c9-7(10)5-2-1-4(8(11)12)3-6(5)13/h1-3,13H,(H,9,10). The number of nitrogens with zero attached hydrogens (tertiary/aromatic N) is 1. The third-order valence-corrected chi connectivity index (χ3v) is 1.79. The molecule has 6 heteroatoms. The highest BCUT2D eigenvalue weighted by Gasteiger charge is 2.12. The van der Waals surface area contributed by atoms with Crippen molar-refractivity contribution in [3.05, 3.63) is 33.9 Å². The SMILES string of the molecule is O=C(O)c1ccc([N+](=O)[O-])cc1S. The van der Waals surface area contributed by atoms with Gasteiger partial charge in [0.15, 0.2) is 0 Å². The third kappa shape index (κ3) is 1.97. The monoisotopic (exact) mass is 199 g/mol. The molecule has 0 unspecified atom stereocenters. The third-order valence-electron chi connectivity index (χ3n) is 1.42. The summed E-state index contributed by atoms with van der Waals surface area (Å²) in [6.07, 6.45) is 0. The van der Waals surface area contributed by atoms with E-state index in [1.165, 1.54) is 0 Å². The van der Waals surface area contributed by atoms with Gasteiger partial charge in [0.2, 0.25) is 0 Å². The van der Waals surface area contributed by atoms with Gasteiger partial charge in [0.1, 0.15) is 0 Å². The number of carboxylic acid groups (broad SMARTS) is 1.